The second-order valence-electron chi connectivity index (χ2n) is 4.69. The molecule has 18 heavy (non-hydrogen) atoms. The molecule has 1 aliphatic heterocycles. The number of hydrazine groups is 1. The minimum Gasteiger partial charge on any atom is -0.322 e. The number of amides is 4. The van der Waals surface area contributed by atoms with Crippen molar-refractivity contribution in [3.05, 3.63) is 0 Å². The van der Waals surface area contributed by atoms with Gasteiger partial charge in [-0.1, -0.05) is 19.3 Å². The van der Waals surface area contributed by atoms with Crippen molar-refractivity contribution >= 4 is 29.4 Å². The van der Waals surface area contributed by atoms with Crippen LogP contribution in [-0.4, -0.2) is 34.3 Å². The highest BCUT2D eigenvalue weighted by Gasteiger charge is 2.52. The normalized spacial score (nSPS) is 22.2. The van der Waals surface area contributed by atoms with Gasteiger partial charge >= 0.3 is 6.03 Å². The van der Waals surface area contributed by atoms with Crippen molar-refractivity contribution in [2.45, 2.75) is 44.1 Å². The van der Waals surface area contributed by atoms with Crippen LogP contribution in [0, 0.1) is 0 Å². The van der Waals surface area contributed by atoms with Gasteiger partial charge in [0.05, 0.1) is 0 Å². The molecule has 7 heteroatoms. The molecule has 0 radical (unpaired) electrons. The third kappa shape index (κ3) is 2.29. The summed E-state index contributed by atoms with van der Waals surface area (Å²) in [5, 5.41) is 3.50. The highest BCUT2D eigenvalue weighted by atomic mass is 35.5. The summed E-state index contributed by atoms with van der Waals surface area (Å²) in [6.45, 7) is 0. The Bertz CT molecular complexity index is 380. The lowest BCUT2D eigenvalue weighted by molar-refractivity contribution is -0.139. The van der Waals surface area contributed by atoms with Gasteiger partial charge in [-0.2, -0.15) is 5.01 Å². The standard InChI is InChI=1S/C11H16ClN3O3/c12-7-4-8(16)14-15-9(17)11(13-10(15)18)5-2-1-3-6-11/h1-7H2,(H,13,18)(H,14,16). The molecule has 1 aliphatic carbocycles. The minimum absolute atomic E-state index is 0.0750. The van der Waals surface area contributed by atoms with E-state index in [-0.39, 0.29) is 18.2 Å². The number of imide groups is 1. The Morgan fingerprint density at radius 3 is 2.61 bits per heavy atom. The van der Waals surface area contributed by atoms with Crippen LogP contribution in [0.15, 0.2) is 0 Å². The highest BCUT2D eigenvalue weighted by Crippen LogP contribution is 2.32. The third-order valence-electron chi connectivity index (χ3n) is 3.43. The van der Waals surface area contributed by atoms with Crippen LogP contribution in [0.3, 0.4) is 0 Å². The van der Waals surface area contributed by atoms with Gasteiger partial charge in [-0.3, -0.25) is 15.0 Å². The summed E-state index contributed by atoms with van der Waals surface area (Å²) in [5.41, 5.74) is 1.50. The molecule has 100 valence electrons. The van der Waals surface area contributed by atoms with Crippen molar-refractivity contribution in [1.82, 2.24) is 15.8 Å². The second kappa shape index (κ2) is 5.14. The van der Waals surface area contributed by atoms with Crippen LogP contribution in [0.2, 0.25) is 0 Å². The van der Waals surface area contributed by atoms with E-state index in [9.17, 15) is 14.4 Å². The first-order chi connectivity index (χ1) is 8.59. The molecule has 0 aromatic heterocycles. The Hall–Kier alpha value is -1.30. The Morgan fingerprint density at radius 2 is 2.00 bits per heavy atom. The van der Waals surface area contributed by atoms with Crippen LogP contribution >= 0.6 is 11.6 Å². The molecule has 1 spiro atoms. The molecule has 1 saturated heterocycles. The lowest BCUT2D eigenvalue weighted by atomic mass is 9.82. The Balaban J connectivity index is 2.07. The van der Waals surface area contributed by atoms with Crippen molar-refractivity contribution in [2.75, 3.05) is 5.88 Å². The van der Waals surface area contributed by atoms with Crippen LogP contribution in [0.25, 0.3) is 0 Å². The molecule has 2 rings (SSSR count). The van der Waals surface area contributed by atoms with Crippen LogP contribution in [0.5, 0.6) is 0 Å². The molecule has 2 fully saturated rings. The molecule has 4 amide bonds. The van der Waals surface area contributed by atoms with Gasteiger partial charge < -0.3 is 5.32 Å². The van der Waals surface area contributed by atoms with Gasteiger partial charge in [-0.25, -0.2) is 4.79 Å². The van der Waals surface area contributed by atoms with E-state index in [1.54, 1.807) is 0 Å². The van der Waals surface area contributed by atoms with E-state index in [4.69, 9.17) is 11.6 Å². The fraction of sp³-hybridized carbons (Fsp3) is 0.727. The summed E-state index contributed by atoms with van der Waals surface area (Å²) in [6, 6.07) is -0.551. The van der Waals surface area contributed by atoms with Gasteiger partial charge in [0.1, 0.15) is 5.54 Å². The van der Waals surface area contributed by atoms with E-state index >= 15 is 0 Å². The maximum absolute atomic E-state index is 12.2. The van der Waals surface area contributed by atoms with E-state index in [0.29, 0.717) is 12.8 Å². The van der Waals surface area contributed by atoms with Gasteiger partial charge in [-0.15, -0.1) is 11.6 Å². The topological polar surface area (TPSA) is 78.5 Å². The number of rotatable bonds is 3. The van der Waals surface area contributed by atoms with Crippen LogP contribution < -0.4 is 10.7 Å². The number of hydrogen-bond acceptors (Lipinski definition) is 3. The number of nitrogens with zero attached hydrogens (tertiary/aromatic N) is 1. The van der Waals surface area contributed by atoms with E-state index in [1.807, 2.05) is 0 Å². The first kappa shape index (κ1) is 13.1. The first-order valence-electron chi connectivity index (χ1n) is 6.11. The van der Waals surface area contributed by atoms with Crippen molar-refractivity contribution in [3.8, 4) is 0 Å². The minimum atomic E-state index is -0.802. The average Bonchev–Trinajstić information content (AvgIpc) is 2.55. The van der Waals surface area contributed by atoms with Crippen LogP contribution in [-0.2, 0) is 9.59 Å². The van der Waals surface area contributed by atoms with Crippen molar-refractivity contribution in [3.63, 3.8) is 0 Å². The largest absolute Gasteiger partial charge is 0.344 e. The predicted molar refractivity (Wildman–Crippen MR) is 64.7 cm³/mol. The van der Waals surface area contributed by atoms with E-state index in [1.165, 1.54) is 0 Å². The van der Waals surface area contributed by atoms with Gasteiger partial charge in [0.2, 0.25) is 5.91 Å². The summed E-state index contributed by atoms with van der Waals surface area (Å²) in [5.74, 6) is -0.628. The lowest BCUT2D eigenvalue weighted by Gasteiger charge is -2.30. The van der Waals surface area contributed by atoms with Gasteiger partial charge in [0, 0.05) is 12.3 Å². The third-order valence-corrected chi connectivity index (χ3v) is 3.62. The number of nitrogens with one attached hydrogen (secondary N) is 2. The molecule has 0 atom stereocenters. The number of urea groups is 1. The van der Waals surface area contributed by atoms with Gasteiger partial charge in [0.15, 0.2) is 0 Å². The average molecular weight is 274 g/mol. The zero-order chi connectivity index (χ0) is 13.2. The molecule has 6 nitrogen and oxygen atoms in total. The maximum atomic E-state index is 12.2. The van der Waals surface area contributed by atoms with Gasteiger partial charge in [0.25, 0.3) is 5.91 Å². The molecule has 2 aliphatic rings. The SMILES string of the molecule is O=C(CCCl)NN1C(=O)NC2(CCCCC2)C1=O. The number of hydrogen-bond donors (Lipinski definition) is 2. The van der Waals surface area contributed by atoms with Crippen molar-refractivity contribution in [1.29, 1.82) is 0 Å². The molecule has 0 unspecified atom stereocenters. The number of carbonyl (C=O) groups excluding carboxylic acids is 3. The van der Waals surface area contributed by atoms with E-state index in [2.05, 4.69) is 10.7 Å². The molecule has 0 aromatic rings. The van der Waals surface area contributed by atoms with Gasteiger partial charge in [-0.05, 0) is 12.8 Å². The second-order valence-corrected chi connectivity index (χ2v) is 5.07. The number of halogens is 1. The molecule has 1 saturated carbocycles. The Labute approximate surface area is 110 Å². The molecular weight excluding hydrogens is 258 g/mol. The Kier molecular flexibility index (Phi) is 3.75. The highest BCUT2D eigenvalue weighted by molar-refractivity contribution is 6.19. The molecule has 2 N–H and O–H groups in total. The molecule has 0 aromatic carbocycles. The summed E-state index contributed by atoms with van der Waals surface area (Å²) < 4.78 is 0. The molecular formula is C11H16ClN3O3. The quantitative estimate of drug-likeness (QED) is 0.592. The Morgan fingerprint density at radius 1 is 1.33 bits per heavy atom. The van der Waals surface area contributed by atoms with Crippen molar-refractivity contribution < 1.29 is 14.4 Å². The van der Waals surface area contributed by atoms with Crippen LogP contribution in [0.4, 0.5) is 4.79 Å². The summed E-state index contributed by atoms with van der Waals surface area (Å²) in [7, 11) is 0. The van der Waals surface area contributed by atoms with Crippen molar-refractivity contribution in [2.24, 2.45) is 0 Å². The smallest absolute Gasteiger partial charge is 0.322 e. The maximum Gasteiger partial charge on any atom is 0.344 e. The van der Waals surface area contributed by atoms with E-state index < -0.39 is 17.5 Å². The summed E-state index contributed by atoms with van der Waals surface area (Å²) in [6.07, 6.45) is 4.25. The molecule has 1 heterocycles. The summed E-state index contributed by atoms with van der Waals surface area (Å²) >= 11 is 5.43. The van der Waals surface area contributed by atoms with Crippen LogP contribution in [0.1, 0.15) is 38.5 Å². The zero-order valence-corrected chi connectivity index (χ0v) is 10.8. The molecule has 0 bridgehead atoms. The fourth-order valence-electron chi connectivity index (χ4n) is 2.48. The monoisotopic (exact) mass is 273 g/mol. The zero-order valence-electron chi connectivity index (χ0n) is 10.00. The lowest BCUT2D eigenvalue weighted by Crippen LogP contribution is -2.50. The first-order valence-corrected chi connectivity index (χ1v) is 6.65. The number of alkyl halides is 1. The fourth-order valence-corrected chi connectivity index (χ4v) is 2.65. The predicted octanol–water partition coefficient (Wildman–Crippen LogP) is 0.901. The number of carbonyl (C=O) groups is 3. The van der Waals surface area contributed by atoms with E-state index in [0.717, 1.165) is 24.3 Å². The summed E-state index contributed by atoms with van der Waals surface area (Å²) in [4.78, 5) is 35.4.